The second-order valence-corrected chi connectivity index (χ2v) is 16.3. The van der Waals surface area contributed by atoms with Gasteiger partial charge in [0.25, 0.3) is 35.4 Å². The topological polar surface area (TPSA) is 271 Å². The molecule has 6 heterocycles. The van der Waals surface area contributed by atoms with Crippen LogP contribution in [0, 0.1) is 11.6 Å². The smallest absolute Gasteiger partial charge is 0.270 e. The maximum atomic E-state index is 14.1. The quantitative estimate of drug-likeness (QED) is 0.0880. The van der Waals surface area contributed by atoms with Crippen LogP contribution in [0.4, 0.5) is 20.2 Å². The van der Waals surface area contributed by atoms with E-state index >= 15 is 0 Å². The van der Waals surface area contributed by atoms with E-state index < -0.39 is 41.0 Å². The predicted octanol–water partition coefficient (Wildman–Crippen LogP) is 4.32. The summed E-state index contributed by atoms with van der Waals surface area (Å²) in [5.74, 6) is -2.95. The molecule has 4 aromatic heterocycles. The number of hydrogen-bond acceptors (Lipinski definition) is 13. The van der Waals surface area contributed by atoms with Gasteiger partial charge in [0.1, 0.15) is 45.9 Å². The van der Waals surface area contributed by atoms with E-state index in [-0.39, 0.29) is 85.2 Å². The van der Waals surface area contributed by atoms with E-state index in [0.717, 1.165) is 5.56 Å². The number of nitrogens with zero attached hydrogens (tertiary/aromatic N) is 6. The summed E-state index contributed by atoms with van der Waals surface area (Å²) in [7, 11) is 0. The summed E-state index contributed by atoms with van der Waals surface area (Å²) in [4.78, 5) is 94.7. The first-order chi connectivity index (χ1) is 35.2. The average molecular weight is 991 g/mol. The molecule has 0 spiro atoms. The molecule has 4 aromatic carbocycles. The number of fused-ring (bicyclic) bond motifs is 4. The Kier molecular flexibility index (Phi) is 13.8. The van der Waals surface area contributed by atoms with Crippen LogP contribution in [-0.4, -0.2) is 83.6 Å². The number of anilines is 2. The number of rotatable bonds is 13. The van der Waals surface area contributed by atoms with Crippen molar-refractivity contribution in [3.63, 3.8) is 0 Å². The van der Waals surface area contributed by atoms with Crippen molar-refractivity contribution in [2.24, 2.45) is 0 Å². The van der Waals surface area contributed by atoms with Gasteiger partial charge in [0.2, 0.25) is 0 Å². The lowest BCUT2D eigenvalue weighted by Crippen LogP contribution is -2.28. The van der Waals surface area contributed by atoms with Gasteiger partial charge in [-0.2, -0.15) is 10.2 Å². The average Bonchev–Trinajstić information content (AvgIpc) is 4.08. The van der Waals surface area contributed by atoms with Gasteiger partial charge in [0.05, 0.1) is 29.3 Å². The molecular weight excluding hydrogens is 951 g/mol. The zero-order valence-corrected chi connectivity index (χ0v) is 38.3. The first kappa shape index (κ1) is 48.1. The molecular formula is C50H40F2N12O9. The fourth-order valence-electron chi connectivity index (χ4n) is 7.56. The number of Topliss-reactive ketones (excluding diaryl/α,β-unsaturated/α-hetero) is 1. The molecule has 0 fully saturated rings. The molecule has 368 valence electrons. The first-order valence-corrected chi connectivity index (χ1v) is 22.2. The Morgan fingerprint density at radius 1 is 0.562 bits per heavy atom. The van der Waals surface area contributed by atoms with Crippen LogP contribution >= 0.6 is 0 Å². The van der Waals surface area contributed by atoms with Gasteiger partial charge in [-0.25, -0.2) is 27.8 Å². The number of ether oxygens (including phenoxy) is 2. The molecule has 2 aliphatic rings. The molecule has 2 aliphatic heterocycles. The fourth-order valence-corrected chi connectivity index (χ4v) is 7.56. The Morgan fingerprint density at radius 2 is 1.01 bits per heavy atom. The van der Waals surface area contributed by atoms with Gasteiger partial charge < -0.3 is 41.4 Å². The van der Waals surface area contributed by atoms with Crippen molar-refractivity contribution in [1.82, 2.24) is 50.5 Å². The number of benzene rings is 4. The highest BCUT2D eigenvalue weighted by Gasteiger charge is 2.22. The molecule has 23 heteroatoms. The first-order valence-electron chi connectivity index (χ1n) is 22.2. The molecule has 0 unspecified atom stereocenters. The molecule has 0 saturated carbocycles. The van der Waals surface area contributed by atoms with Crippen LogP contribution in [0.25, 0.3) is 11.3 Å². The third-order valence-corrected chi connectivity index (χ3v) is 11.1. The van der Waals surface area contributed by atoms with E-state index in [0.29, 0.717) is 45.2 Å². The minimum absolute atomic E-state index is 0.00500. The van der Waals surface area contributed by atoms with E-state index in [1.54, 1.807) is 66.7 Å². The predicted molar refractivity (Wildman–Crippen MR) is 255 cm³/mol. The second kappa shape index (κ2) is 21.0. The molecule has 8 aromatic rings. The summed E-state index contributed by atoms with van der Waals surface area (Å²) in [6.45, 7) is 1.57. The third kappa shape index (κ3) is 11.3. The van der Waals surface area contributed by atoms with Gasteiger partial charge in [-0.3, -0.25) is 33.6 Å². The molecule has 0 bridgehead atoms. The molecule has 73 heavy (non-hydrogen) atoms. The van der Waals surface area contributed by atoms with Crippen molar-refractivity contribution >= 4 is 63.9 Å². The van der Waals surface area contributed by atoms with Crippen LogP contribution in [0.5, 0.6) is 11.5 Å². The van der Waals surface area contributed by atoms with E-state index in [1.165, 1.54) is 64.7 Å². The van der Waals surface area contributed by atoms with Gasteiger partial charge in [-0.1, -0.05) is 30.3 Å². The molecule has 10 rings (SSSR count). The van der Waals surface area contributed by atoms with Gasteiger partial charge in [-0.05, 0) is 77.7 Å². The molecule has 21 nitrogen and oxygen atoms in total. The second-order valence-electron chi connectivity index (χ2n) is 16.3. The van der Waals surface area contributed by atoms with Gasteiger partial charge in [-0.15, -0.1) is 0 Å². The minimum atomic E-state index is -0.671. The number of hydrogen-bond donors (Lipinski definition) is 6. The zero-order valence-electron chi connectivity index (χ0n) is 38.3. The van der Waals surface area contributed by atoms with E-state index in [1.807, 2.05) is 0 Å². The van der Waals surface area contributed by atoms with Gasteiger partial charge in [0.15, 0.2) is 30.3 Å². The maximum absolute atomic E-state index is 14.1. The highest BCUT2D eigenvalue weighted by Crippen LogP contribution is 2.29. The molecule has 6 N–H and O–H groups in total. The van der Waals surface area contributed by atoms with Crippen molar-refractivity contribution in [2.75, 3.05) is 23.8 Å². The van der Waals surface area contributed by atoms with Crippen LogP contribution < -0.4 is 41.4 Å². The highest BCUT2D eigenvalue weighted by atomic mass is 19.1. The SMILES string of the molecule is CC(=O)c1ccc(CNC(=O)c2cc(C(=O)NCc3ccc4c(c3)NC(=O)CO4)nc3ccnn23)cc1F.O=C1COc2ccc(CNC(=O)c3cc(C(=O)NCc4cccc(F)c4)n4nccc4n3)cc2N1. The Bertz CT molecular complexity index is 3540. The highest BCUT2D eigenvalue weighted by molar-refractivity contribution is 6.00. The molecule has 0 saturated heterocycles. The van der Waals surface area contributed by atoms with E-state index in [9.17, 15) is 42.3 Å². The van der Waals surface area contributed by atoms with Crippen LogP contribution in [0.3, 0.4) is 0 Å². The lowest BCUT2D eigenvalue weighted by atomic mass is 10.1. The number of nitrogens with one attached hydrogen (secondary N) is 6. The summed E-state index contributed by atoms with van der Waals surface area (Å²) in [6.07, 6.45) is 2.91. The summed E-state index contributed by atoms with van der Waals surface area (Å²) in [5, 5.41) is 24.5. The van der Waals surface area contributed by atoms with E-state index in [4.69, 9.17) is 9.47 Å². The van der Waals surface area contributed by atoms with Crippen LogP contribution in [-0.2, 0) is 35.8 Å². The zero-order chi connectivity index (χ0) is 51.2. The third-order valence-electron chi connectivity index (χ3n) is 11.1. The Hall–Kier alpha value is -9.93. The normalized spacial score (nSPS) is 12.4. The molecule has 0 aliphatic carbocycles. The minimum Gasteiger partial charge on any atom is -0.482 e. The van der Waals surface area contributed by atoms with Gasteiger partial charge >= 0.3 is 0 Å². The standard InChI is InChI=1S/C26H21FN6O5.C24H19FN6O4/c1-14(34)17-4-2-15(8-18(17)27)11-29-26(37)21-10-20(31-23-6-7-30-33(21)23)25(36)28-12-16-3-5-22-19(9-16)32-24(35)13-38-22;25-16-3-1-2-14(8-16)11-27-24(34)19-10-18(29-21-6-7-28-31(19)21)23(33)26-12-15-4-5-20-17(9-15)30-22(32)13-35-20/h2-10H,11-13H2,1H3,(H,28,36)(H,29,37)(H,32,35);1-10H,11-13H2,(H,26,33)(H,27,34)(H,30,32). The fraction of sp³-hybridized carbons (Fsp3) is 0.140. The number of carbonyl (C=O) groups excluding carboxylic acids is 7. The molecule has 6 amide bonds. The Balaban J connectivity index is 0.000000180. The monoisotopic (exact) mass is 990 g/mol. The Morgan fingerprint density at radius 3 is 1.48 bits per heavy atom. The Labute approximate surface area is 411 Å². The van der Waals surface area contributed by atoms with Crippen LogP contribution in [0.15, 0.2) is 116 Å². The van der Waals surface area contributed by atoms with Crippen molar-refractivity contribution in [2.45, 2.75) is 33.1 Å². The summed E-state index contributed by atoms with van der Waals surface area (Å²) >= 11 is 0. The maximum Gasteiger partial charge on any atom is 0.270 e. The van der Waals surface area contributed by atoms with Gasteiger partial charge in [0, 0.05) is 50.4 Å². The van der Waals surface area contributed by atoms with Crippen molar-refractivity contribution in [3.8, 4) is 11.5 Å². The lowest BCUT2D eigenvalue weighted by molar-refractivity contribution is -0.119. The summed E-state index contributed by atoms with van der Waals surface area (Å²) in [5.41, 5.74) is 4.31. The van der Waals surface area contributed by atoms with E-state index in [2.05, 4.69) is 52.1 Å². The number of amides is 6. The molecule has 0 atom stereocenters. The number of ketones is 1. The van der Waals surface area contributed by atoms with Crippen LogP contribution in [0.1, 0.15) is 81.5 Å². The van der Waals surface area contributed by atoms with Crippen LogP contribution in [0.2, 0.25) is 0 Å². The number of carbonyl (C=O) groups is 7. The van der Waals surface area contributed by atoms with Crippen molar-refractivity contribution < 1.29 is 51.8 Å². The van der Waals surface area contributed by atoms with Crippen molar-refractivity contribution in [3.05, 3.63) is 178 Å². The molecule has 0 radical (unpaired) electrons. The number of halogens is 2. The number of aromatic nitrogens is 6. The summed E-state index contributed by atoms with van der Waals surface area (Å²) in [6, 6.07) is 26.1. The largest absolute Gasteiger partial charge is 0.482 e. The van der Waals surface area contributed by atoms with Crippen molar-refractivity contribution in [1.29, 1.82) is 0 Å². The summed E-state index contributed by atoms with van der Waals surface area (Å²) < 4.78 is 40.8. The lowest BCUT2D eigenvalue weighted by Gasteiger charge is -2.18.